The zero-order chi connectivity index (χ0) is 8.27. The van der Waals surface area contributed by atoms with Gasteiger partial charge >= 0.3 is 0 Å². The highest BCUT2D eigenvalue weighted by Crippen LogP contribution is 2.28. The molecule has 0 saturated carbocycles. The summed E-state index contributed by atoms with van der Waals surface area (Å²) in [6.07, 6.45) is 8.13. The lowest BCUT2D eigenvalue weighted by molar-refractivity contribution is 0.296. The molecule has 3 unspecified atom stereocenters. The Labute approximate surface area is 69.7 Å². The van der Waals surface area contributed by atoms with Gasteiger partial charge in [-0.05, 0) is 24.7 Å². The number of hydrogen-bond acceptors (Lipinski definition) is 1. The van der Waals surface area contributed by atoms with Crippen molar-refractivity contribution in [2.24, 2.45) is 17.6 Å². The summed E-state index contributed by atoms with van der Waals surface area (Å²) >= 11 is 0. The van der Waals surface area contributed by atoms with Gasteiger partial charge in [-0.15, -0.1) is 0 Å². The minimum absolute atomic E-state index is 0.412. The van der Waals surface area contributed by atoms with Crippen molar-refractivity contribution in [1.29, 1.82) is 0 Å². The maximum Gasteiger partial charge on any atom is 0.0107 e. The van der Waals surface area contributed by atoms with Gasteiger partial charge in [-0.1, -0.05) is 32.4 Å². The van der Waals surface area contributed by atoms with Gasteiger partial charge in [0.2, 0.25) is 0 Å². The number of hydrogen-bond donors (Lipinski definition) is 1. The molecule has 0 fully saturated rings. The second-order valence-corrected chi connectivity index (χ2v) is 3.47. The summed E-state index contributed by atoms with van der Waals surface area (Å²) < 4.78 is 0. The summed E-state index contributed by atoms with van der Waals surface area (Å²) in [6.45, 7) is 4.49. The quantitative estimate of drug-likeness (QED) is 0.605. The summed E-state index contributed by atoms with van der Waals surface area (Å²) in [5.74, 6) is 1.47. The Morgan fingerprint density at radius 2 is 2.09 bits per heavy atom. The van der Waals surface area contributed by atoms with E-state index in [4.69, 9.17) is 5.73 Å². The molecule has 0 aliphatic heterocycles. The molecular weight excluding hydrogens is 134 g/mol. The third kappa shape index (κ3) is 1.84. The highest BCUT2D eigenvalue weighted by atomic mass is 14.7. The van der Waals surface area contributed by atoms with Crippen LogP contribution in [0.1, 0.15) is 33.1 Å². The fraction of sp³-hybridized carbons (Fsp3) is 0.800. The third-order valence-electron chi connectivity index (χ3n) is 2.83. The Morgan fingerprint density at radius 1 is 1.36 bits per heavy atom. The Morgan fingerprint density at radius 3 is 2.55 bits per heavy atom. The molecule has 0 saturated heterocycles. The second-order valence-electron chi connectivity index (χ2n) is 3.47. The van der Waals surface area contributed by atoms with E-state index in [2.05, 4.69) is 26.0 Å². The monoisotopic (exact) mass is 153 g/mol. The van der Waals surface area contributed by atoms with Gasteiger partial charge in [0.25, 0.3) is 0 Å². The van der Waals surface area contributed by atoms with Gasteiger partial charge in [0.1, 0.15) is 0 Å². The first-order chi connectivity index (χ1) is 5.29. The van der Waals surface area contributed by atoms with Crippen LogP contribution in [0.2, 0.25) is 0 Å². The molecule has 0 amide bonds. The molecule has 1 aliphatic rings. The first kappa shape index (κ1) is 8.79. The van der Waals surface area contributed by atoms with Crippen LogP contribution in [0, 0.1) is 11.8 Å². The minimum atomic E-state index is 0.412. The summed E-state index contributed by atoms with van der Waals surface area (Å²) in [5.41, 5.74) is 6.00. The molecule has 1 nitrogen and oxygen atoms in total. The molecular formula is C10H19N. The van der Waals surface area contributed by atoms with Crippen molar-refractivity contribution in [2.75, 3.05) is 0 Å². The van der Waals surface area contributed by atoms with E-state index >= 15 is 0 Å². The number of nitrogens with two attached hydrogens (primary N) is 1. The van der Waals surface area contributed by atoms with E-state index in [9.17, 15) is 0 Å². The van der Waals surface area contributed by atoms with Crippen molar-refractivity contribution in [3.63, 3.8) is 0 Å². The molecule has 0 aromatic heterocycles. The van der Waals surface area contributed by atoms with E-state index in [1.165, 1.54) is 12.8 Å². The van der Waals surface area contributed by atoms with Gasteiger partial charge < -0.3 is 5.73 Å². The summed E-state index contributed by atoms with van der Waals surface area (Å²) in [7, 11) is 0. The predicted octanol–water partition coefficient (Wildman–Crippen LogP) is 2.33. The van der Waals surface area contributed by atoms with Crippen LogP contribution in [0.5, 0.6) is 0 Å². The van der Waals surface area contributed by atoms with Crippen LogP contribution in [0.15, 0.2) is 12.2 Å². The first-order valence-corrected chi connectivity index (χ1v) is 4.71. The first-order valence-electron chi connectivity index (χ1n) is 4.71. The van der Waals surface area contributed by atoms with Gasteiger partial charge in [0.05, 0.1) is 0 Å². The smallest absolute Gasteiger partial charge is 0.0107 e. The van der Waals surface area contributed by atoms with Crippen molar-refractivity contribution in [3.8, 4) is 0 Å². The van der Waals surface area contributed by atoms with Crippen molar-refractivity contribution in [2.45, 2.75) is 39.2 Å². The van der Waals surface area contributed by atoms with Crippen LogP contribution in [0.4, 0.5) is 0 Å². The van der Waals surface area contributed by atoms with E-state index in [1.807, 2.05) is 0 Å². The van der Waals surface area contributed by atoms with Gasteiger partial charge in [0.15, 0.2) is 0 Å². The highest BCUT2D eigenvalue weighted by Gasteiger charge is 2.24. The zero-order valence-electron chi connectivity index (χ0n) is 7.59. The molecule has 1 heteroatoms. The largest absolute Gasteiger partial charge is 0.327 e. The molecule has 0 heterocycles. The summed E-state index contributed by atoms with van der Waals surface area (Å²) in [6, 6.07) is 0.412. The predicted molar refractivity (Wildman–Crippen MR) is 49.3 cm³/mol. The van der Waals surface area contributed by atoms with Crippen LogP contribution >= 0.6 is 0 Å². The van der Waals surface area contributed by atoms with Crippen LogP contribution in [0.25, 0.3) is 0 Å². The van der Waals surface area contributed by atoms with E-state index < -0.39 is 0 Å². The van der Waals surface area contributed by atoms with E-state index in [0.717, 1.165) is 18.3 Å². The van der Waals surface area contributed by atoms with Crippen molar-refractivity contribution in [3.05, 3.63) is 12.2 Å². The molecule has 1 aliphatic carbocycles. The Balaban J connectivity index is 2.61. The second kappa shape index (κ2) is 3.91. The zero-order valence-corrected chi connectivity index (χ0v) is 7.59. The molecule has 1 rings (SSSR count). The van der Waals surface area contributed by atoms with E-state index in [1.54, 1.807) is 0 Å². The normalized spacial score (nSPS) is 37.5. The fourth-order valence-electron chi connectivity index (χ4n) is 2.09. The molecule has 64 valence electrons. The van der Waals surface area contributed by atoms with Crippen molar-refractivity contribution in [1.82, 2.24) is 0 Å². The van der Waals surface area contributed by atoms with Crippen LogP contribution in [0.3, 0.4) is 0 Å². The number of rotatable bonds is 2. The third-order valence-corrected chi connectivity index (χ3v) is 2.83. The Bertz CT molecular complexity index is 140. The lowest BCUT2D eigenvalue weighted by Crippen LogP contribution is -2.35. The maximum atomic E-state index is 6.00. The Hall–Kier alpha value is -0.300. The fourth-order valence-corrected chi connectivity index (χ4v) is 2.09. The van der Waals surface area contributed by atoms with Gasteiger partial charge in [-0.2, -0.15) is 0 Å². The molecule has 0 radical (unpaired) electrons. The molecule has 11 heavy (non-hydrogen) atoms. The van der Waals surface area contributed by atoms with Crippen molar-refractivity contribution < 1.29 is 0 Å². The minimum Gasteiger partial charge on any atom is -0.327 e. The van der Waals surface area contributed by atoms with E-state index in [-0.39, 0.29) is 0 Å². The summed E-state index contributed by atoms with van der Waals surface area (Å²) in [4.78, 5) is 0. The molecule has 0 aromatic carbocycles. The SMILES string of the molecule is CCC1C=CCC(N)C1CC. The van der Waals surface area contributed by atoms with Gasteiger partial charge in [0, 0.05) is 6.04 Å². The standard InChI is InChI=1S/C10H19N/c1-3-8-6-5-7-10(11)9(8)4-2/h5-6,8-10H,3-4,7,11H2,1-2H3. The molecule has 0 spiro atoms. The maximum absolute atomic E-state index is 6.00. The number of allylic oxidation sites excluding steroid dienone is 1. The molecule has 0 bridgehead atoms. The average Bonchev–Trinajstić information content (AvgIpc) is 2.04. The average molecular weight is 153 g/mol. The van der Waals surface area contributed by atoms with E-state index in [0.29, 0.717) is 6.04 Å². The molecule has 3 atom stereocenters. The Kier molecular flexibility index (Phi) is 3.13. The molecule has 2 N–H and O–H groups in total. The van der Waals surface area contributed by atoms with Gasteiger partial charge in [-0.25, -0.2) is 0 Å². The summed E-state index contributed by atoms with van der Waals surface area (Å²) in [5, 5.41) is 0. The molecule has 0 aromatic rings. The van der Waals surface area contributed by atoms with Crippen LogP contribution in [-0.2, 0) is 0 Å². The lowest BCUT2D eigenvalue weighted by Gasteiger charge is -2.31. The van der Waals surface area contributed by atoms with Crippen molar-refractivity contribution >= 4 is 0 Å². The lowest BCUT2D eigenvalue weighted by atomic mass is 9.78. The van der Waals surface area contributed by atoms with Crippen LogP contribution < -0.4 is 5.73 Å². The topological polar surface area (TPSA) is 26.0 Å². The highest BCUT2D eigenvalue weighted by molar-refractivity contribution is 5.01. The van der Waals surface area contributed by atoms with Gasteiger partial charge in [-0.3, -0.25) is 0 Å². The van der Waals surface area contributed by atoms with Crippen LogP contribution in [-0.4, -0.2) is 6.04 Å².